The van der Waals surface area contributed by atoms with Gasteiger partial charge >= 0.3 is 0 Å². The van der Waals surface area contributed by atoms with Crippen molar-refractivity contribution in [1.82, 2.24) is 9.78 Å². The van der Waals surface area contributed by atoms with Crippen LogP contribution in [-0.4, -0.2) is 15.7 Å². The third-order valence-electron chi connectivity index (χ3n) is 4.32. The van der Waals surface area contributed by atoms with Crippen molar-refractivity contribution in [2.75, 3.05) is 5.32 Å². The van der Waals surface area contributed by atoms with Crippen molar-refractivity contribution in [3.8, 4) is 5.69 Å². The average molecular weight is 433 g/mol. The first-order chi connectivity index (χ1) is 12.3. The van der Waals surface area contributed by atoms with Crippen LogP contribution in [0.4, 0.5) is 5.69 Å². The Bertz CT molecular complexity index is 964. The van der Waals surface area contributed by atoms with E-state index in [4.69, 9.17) is 11.6 Å². The summed E-state index contributed by atoms with van der Waals surface area (Å²) in [6.07, 6.45) is 0.275. The van der Waals surface area contributed by atoms with Crippen molar-refractivity contribution < 1.29 is 4.79 Å². The molecule has 0 saturated carbocycles. The topological polar surface area (TPSA) is 46.9 Å². The van der Waals surface area contributed by atoms with E-state index >= 15 is 0 Å². The molecule has 3 aromatic rings. The van der Waals surface area contributed by atoms with Crippen LogP contribution >= 0.6 is 27.5 Å². The lowest BCUT2D eigenvalue weighted by Crippen LogP contribution is -2.16. The molecule has 2 aromatic carbocycles. The standard InChI is InChI=1S/C20H19BrClN3O/c1-12-4-5-15(21)10-19(12)23-20(26)11-18-13(2)24-25(14(18)3)17-8-6-16(22)7-9-17/h4-10H,11H2,1-3H3,(H,23,26). The van der Waals surface area contributed by atoms with Crippen LogP contribution in [0.25, 0.3) is 5.69 Å². The number of halogens is 2. The van der Waals surface area contributed by atoms with E-state index in [0.717, 1.165) is 38.4 Å². The molecule has 1 N–H and O–H groups in total. The lowest BCUT2D eigenvalue weighted by Gasteiger charge is -2.09. The molecule has 0 fully saturated rings. The van der Waals surface area contributed by atoms with E-state index in [9.17, 15) is 4.79 Å². The second-order valence-corrected chi connectivity index (χ2v) is 7.57. The third kappa shape index (κ3) is 4.00. The molecule has 134 valence electrons. The first kappa shape index (κ1) is 18.7. The van der Waals surface area contributed by atoms with Crippen molar-refractivity contribution in [2.24, 2.45) is 0 Å². The van der Waals surface area contributed by atoms with Gasteiger partial charge in [-0.3, -0.25) is 4.79 Å². The van der Waals surface area contributed by atoms with Crippen LogP contribution in [0.15, 0.2) is 46.9 Å². The molecular formula is C20H19BrClN3O. The molecule has 6 heteroatoms. The van der Waals surface area contributed by atoms with Crippen LogP contribution in [0.2, 0.25) is 5.02 Å². The minimum absolute atomic E-state index is 0.0620. The molecular weight excluding hydrogens is 414 g/mol. The maximum atomic E-state index is 12.6. The predicted molar refractivity (Wildman–Crippen MR) is 109 cm³/mol. The monoisotopic (exact) mass is 431 g/mol. The molecule has 26 heavy (non-hydrogen) atoms. The molecule has 0 aliphatic carbocycles. The van der Waals surface area contributed by atoms with Crippen LogP contribution < -0.4 is 5.32 Å². The van der Waals surface area contributed by atoms with E-state index in [-0.39, 0.29) is 12.3 Å². The van der Waals surface area contributed by atoms with Gasteiger partial charge < -0.3 is 5.32 Å². The molecule has 1 heterocycles. The minimum Gasteiger partial charge on any atom is -0.326 e. The largest absolute Gasteiger partial charge is 0.326 e. The van der Waals surface area contributed by atoms with E-state index in [1.54, 1.807) is 0 Å². The highest BCUT2D eigenvalue weighted by Gasteiger charge is 2.16. The quantitative estimate of drug-likeness (QED) is 0.600. The Morgan fingerprint density at radius 2 is 1.85 bits per heavy atom. The number of amides is 1. The first-order valence-corrected chi connectivity index (χ1v) is 9.39. The predicted octanol–water partition coefficient (Wildman–Crippen LogP) is 5.39. The molecule has 0 spiro atoms. The number of anilines is 1. The Hall–Kier alpha value is -2.11. The summed E-state index contributed by atoms with van der Waals surface area (Å²) in [7, 11) is 0. The molecule has 0 bridgehead atoms. The summed E-state index contributed by atoms with van der Waals surface area (Å²) in [6.45, 7) is 5.87. The summed E-state index contributed by atoms with van der Waals surface area (Å²) in [6, 6.07) is 13.3. The number of aryl methyl sites for hydroxylation is 2. The van der Waals surface area contributed by atoms with Crippen LogP contribution in [-0.2, 0) is 11.2 Å². The number of carbonyl (C=O) groups excluding carboxylic acids is 1. The summed E-state index contributed by atoms with van der Waals surface area (Å²) < 4.78 is 2.78. The Morgan fingerprint density at radius 3 is 2.54 bits per heavy atom. The number of nitrogens with zero attached hydrogens (tertiary/aromatic N) is 2. The van der Waals surface area contributed by atoms with Gasteiger partial charge in [-0.15, -0.1) is 0 Å². The number of benzene rings is 2. The lowest BCUT2D eigenvalue weighted by atomic mass is 10.1. The minimum atomic E-state index is -0.0620. The van der Waals surface area contributed by atoms with Gasteiger partial charge in [0.1, 0.15) is 0 Å². The van der Waals surface area contributed by atoms with Gasteiger partial charge in [0.05, 0.1) is 17.8 Å². The molecule has 1 amide bonds. The normalized spacial score (nSPS) is 10.8. The summed E-state index contributed by atoms with van der Waals surface area (Å²) in [5.41, 5.74) is 5.48. The molecule has 4 nitrogen and oxygen atoms in total. The fourth-order valence-electron chi connectivity index (χ4n) is 2.85. The Morgan fingerprint density at radius 1 is 1.15 bits per heavy atom. The number of rotatable bonds is 4. The van der Waals surface area contributed by atoms with Crippen LogP contribution in [0.5, 0.6) is 0 Å². The van der Waals surface area contributed by atoms with Crippen molar-refractivity contribution in [3.05, 3.63) is 74.5 Å². The summed E-state index contributed by atoms with van der Waals surface area (Å²) in [5.74, 6) is -0.0620. The Kier molecular flexibility index (Phi) is 5.49. The highest BCUT2D eigenvalue weighted by molar-refractivity contribution is 9.10. The van der Waals surface area contributed by atoms with Gasteiger partial charge in [0, 0.05) is 26.4 Å². The maximum absolute atomic E-state index is 12.6. The van der Waals surface area contributed by atoms with E-state index < -0.39 is 0 Å². The molecule has 0 radical (unpaired) electrons. The summed E-state index contributed by atoms with van der Waals surface area (Å²) >= 11 is 9.40. The number of hydrogen-bond acceptors (Lipinski definition) is 2. The number of nitrogens with one attached hydrogen (secondary N) is 1. The van der Waals surface area contributed by atoms with Crippen LogP contribution in [0.1, 0.15) is 22.5 Å². The van der Waals surface area contributed by atoms with Crippen LogP contribution in [0, 0.1) is 20.8 Å². The Labute approximate surface area is 166 Å². The highest BCUT2D eigenvalue weighted by Crippen LogP contribution is 2.23. The number of carbonyl (C=O) groups is 1. The van der Waals surface area contributed by atoms with Gasteiger partial charge in [0.2, 0.25) is 5.91 Å². The molecule has 0 saturated heterocycles. The van der Waals surface area contributed by atoms with Gasteiger partial charge in [0.15, 0.2) is 0 Å². The lowest BCUT2D eigenvalue weighted by molar-refractivity contribution is -0.115. The molecule has 1 aromatic heterocycles. The van der Waals surface area contributed by atoms with Gasteiger partial charge in [0.25, 0.3) is 0 Å². The molecule has 0 atom stereocenters. The second-order valence-electron chi connectivity index (χ2n) is 6.22. The fraction of sp³-hybridized carbons (Fsp3) is 0.200. The molecule has 3 rings (SSSR count). The van der Waals surface area contributed by atoms with Gasteiger partial charge in [-0.1, -0.05) is 33.6 Å². The van der Waals surface area contributed by atoms with Crippen LogP contribution in [0.3, 0.4) is 0 Å². The fourth-order valence-corrected chi connectivity index (χ4v) is 3.34. The van der Waals surface area contributed by atoms with Crippen molar-refractivity contribution in [3.63, 3.8) is 0 Å². The SMILES string of the molecule is Cc1ccc(Br)cc1NC(=O)Cc1c(C)nn(-c2ccc(Cl)cc2)c1C. The zero-order valence-corrected chi connectivity index (χ0v) is 17.1. The number of hydrogen-bond donors (Lipinski definition) is 1. The Balaban J connectivity index is 1.82. The molecule has 0 unspecified atom stereocenters. The third-order valence-corrected chi connectivity index (χ3v) is 5.07. The zero-order valence-electron chi connectivity index (χ0n) is 14.8. The average Bonchev–Trinajstić information content (AvgIpc) is 2.87. The van der Waals surface area contributed by atoms with Gasteiger partial charge in [-0.2, -0.15) is 5.10 Å². The first-order valence-electron chi connectivity index (χ1n) is 8.22. The zero-order chi connectivity index (χ0) is 18.8. The molecule has 0 aliphatic rings. The van der Waals surface area contributed by atoms with Gasteiger partial charge in [-0.05, 0) is 62.7 Å². The number of aromatic nitrogens is 2. The van der Waals surface area contributed by atoms with E-state index in [0.29, 0.717) is 5.02 Å². The van der Waals surface area contributed by atoms with E-state index in [2.05, 4.69) is 26.3 Å². The molecule has 0 aliphatic heterocycles. The van der Waals surface area contributed by atoms with E-state index in [1.807, 2.05) is 67.9 Å². The highest BCUT2D eigenvalue weighted by atomic mass is 79.9. The summed E-state index contributed by atoms with van der Waals surface area (Å²) in [4.78, 5) is 12.6. The van der Waals surface area contributed by atoms with Gasteiger partial charge in [-0.25, -0.2) is 4.68 Å². The van der Waals surface area contributed by atoms with Crippen molar-refractivity contribution >= 4 is 39.1 Å². The van der Waals surface area contributed by atoms with E-state index in [1.165, 1.54) is 0 Å². The summed E-state index contributed by atoms with van der Waals surface area (Å²) in [5, 5.41) is 8.25. The smallest absolute Gasteiger partial charge is 0.228 e. The van der Waals surface area contributed by atoms with Crippen molar-refractivity contribution in [1.29, 1.82) is 0 Å². The van der Waals surface area contributed by atoms with Crippen molar-refractivity contribution in [2.45, 2.75) is 27.2 Å². The second kappa shape index (κ2) is 7.64. The maximum Gasteiger partial charge on any atom is 0.228 e.